The Kier molecular flexibility index (Phi) is 3.98. The highest BCUT2D eigenvalue weighted by atomic mass is 127. The van der Waals surface area contributed by atoms with E-state index in [1.54, 1.807) is 0 Å². The van der Waals surface area contributed by atoms with E-state index < -0.39 is 0 Å². The summed E-state index contributed by atoms with van der Waals surface area (Å²) in [6, 6.07) is 0. The first kappa shape index (κ1) is 15.0. The Labute approximate surface area is 144 Å². The highest BCUT2D eigenvalue weighted by Crippen LogP contribution is 2.40. The fraction of sp³-hybridized carbons (Fsp3) is 0.643. The topological polar surface area (TPSA) is 56.1 Å². The first-order valence-corrected chi connectivity index (χ1v) is 11.7. The SMILES string of the molecule is Cc1nn(PI)c2nc(N3CCC4(CCOC4)CC3)cnc12. The molecular formula is C14H19IN5OP. The van der Waals surface area contributed by atoms with Gasteiger partial charge in [0.2, 0.25) is 0 Å². The van der Waals surface area contributed by atoms with E-state index in [2.05, 4.69) is 37.0 Å². The second kappa shape index (κ2) is 5.83. The molecule has 0 bridgehead atoms. The lowest BCUT2D eigenvalue weighted by atomic mass is 9.78. The number of hydrogen-bond donors (Lipinski definition) is 0. The first-order chi connectivity index (χ1) is 10.7. The minimum absolute atomic E-state index is 0.427. The monoisotopic (exact) mass is 431 g/mol. The summed E-state index contributed by atoms with van der Waals surface area (Å²) >= 11 is 2.34. The Morgan fingerprint density at radius 1 is 1.32 bits per heavy atom. The van der Waals surface area contributed by atoms with E-state index >= 15 is 0 Å². The molecule has 2 aromatic rings. The zero-order chi connectivity index (χ0) is 15.2. The highest BCUT2D eigenvalue weighted by Gasteiger charge is 2.38. The molecule has 1 atom stereocenters. The van der Waals surface area contributed by atoms with Crippen LogP contribution in [0.2, 0.25) is 0 Å². The van der Waals surface area contributed by atoms with Crippen LogP contribution in [0, 0.1) is 12.3 Å². The van der Waals surface area contributed by atoms with Crippen LogP contribution in [-0.2, 0) is 4.74 Å². The summed E-state index contributed by atoms with van der Waals surface area (Å²) < 4.78 is 7.57. The maximum Gasteiger partial charge on any atom is 0.183 e. The third kappa shape index (κ3) is 2.51. The molecule has 8 heteroatoms. The fourth-order valence-electron chi connectivity index (χ4n) is 3.48. The molecule has 22 heavy (non-hydrogen) atoms. The Hall–Kier alpha value is -0.530. The molecule has 2 aromatic heterocycles. The number of anilines is 1. The van der Waals surface area contributed by atoms with Gasteiger partial charge in [-0.25, -0.2) is 14.4 Å². The lowest BCUT2D eigenvalue weighted by molar-refractivity contribution is 0.133. The maximum absolute atomic E-state index is 5.61. The van der Waals surface area contributed by atoms with Crippen LogP contribution in [0.4, 0.5) is 5.82 Å². The van der Waals surface area contributed by atoms with E-state index in [9.17, 15) is 0 Å². The van der Waals surface area contributed by atoms with E-state index in [-0.39, 0.29) is 0 Å². The van der Waals surface area contributed by atoms with Crippen molar-refractivity contribution in [1.82, 2.24) is 19.5 Å². The lowest BCUT2D eigenvalue weighted by Crippen LogP contribution is -2.40. The van der Waals surface area contributed by atoms with Gasteiger partial charge in [-0.2, -0.15) is 5.10 Å². The number of piperidine rings is 1. The summed E-state index contributed by atoms with van der Waals surface area (Å²) in [5.41, 5.74) is 3.22. The molecular weight excluding hydrogens is 412 g/mol. The molecule has 4 heterocycles. The summed E-state index contributed by atoms with van der Waals surface area (Å²) in [5, 5.41) is 4.51. The molecule has 2 aliphatic heterocycles. The third-order valence-electron chi connectivity index (χ3n) is 4.95. The molecule has 0 aliphatic carbocycles. The maximum atomic E-state index is 5.61. The minimum Gasteiger partial charge on any atom is -0.381 e. The van der Waals surface area contributed by atoms with Crippen molar-refractivity contribution >= 4 is 45.4 Å². The smallest absolute Gasteiger partial charge is 0.183 e. The number of aryl methyl sites for hydroxylation is 1. The fourth-order valence-corrected chi connectivity index (χ4v) is 4.92. The van der Waals surface area contributed by atoms with Crippen LogP contribution in [0.1, 0.15) is 25.0 Å². The number of fused-ring (bicyclic) bond motifs is 1. The zero-order valence-electron chi connectivity index (χ0n) is 12.5. The highest BCUT2D eigenvalue weighted by molar-refractivity contribution is 14.2. The van der Waals surface area contributed by atoms with E-state index in [1.807, 2.05) is 17.6 Å². The van der Waals surface area contributed by atoms with Crippen molar-refractivity contribution in [2.75, 3.05) is 31.2 Å². The van der Waals surface area contributed by atoms with Crippen molar-refractivity contribution in [2.24, 2.45) is 5.41 Å². The third-order valence-corrected chi connectivity index (χ3v) is 6.79. The van der Waals surface area contributed by atoms with Gasteiger partial charge in [0.1, 0.15) is 11.3 Å². The molecule has 4 rings (SSSR count). The average molecular weight is 431 g/mol. The predicted octanol–water partition coefficient (Wildman–Crippen LogP) is 2.93. The van der Waals surface area contributed by atoms with Gasteiger partial charge in [0.05, 0.1) is 24.9 Å². The van der Waals surface area contributed by atoms with Crippen LogP contribution in [0.5, 0.6) is 0 Å². The van der Waals surface area contributed by atoms with Gasteiger partial charge in [-0.3, -0.25) is 0 Å². The molecule has 0 saturated carbocycles. The van der Waals surface area contributed by atoms with Gasteiger partial charge in [0, 0.05) is 19.7 Å². The Morgan fingerprint density at radius 3 is 2.82 bits per heavy atom. The Balaban J connectivity index is 1.59. The van der Waals surface area contributed by atoms with E-state index in [0.717, 1.165) is 49.0 Å². The molecule has 2 saturated heterocycles. The molecule has 1 spiro atoms. The average Bonchev–Trinajstić information content (AvgIpc) is 3.13. The van der Waals surface area contributed by atoms with Gasteiger partial charge in [-0.05, 0) is 53.6 Å². The van der Waals surface area contributed by atoms with Gasteiger partial charge in [-0.1, -0.05) is 0 Å². The van der Waals surface area contributed by atoms with Crippen LogP contribution in [-0.4, -0.2) is 45.8 Å². The van der Waals surface area contributed by atoms with E-state index in [0.29, 0.717) is 11.8 Å². The molecule has 1 unspecified atom stereocenters. The molecule has 0 amide bonds. The second-order valence-corrected chi connectivity index (χ2v) is 8.31. The molecule has 0 N–H and O–H groups in total. The summed E-state index contributed by atoms with van der Waals surface area (Å²) in [6.07, 6.45) is 6.05. The van der Waals surface area contributed by atoms with Crippen molar-refractivity contribution < 1.29 is 4.74 Å². The molecule has 2 aliphatic rings. The summed E-state index contributed by atoms with van der Waals surface area (Å²) in [7, 11) is 0. The molecule has 6 nitrogen and oxygen atoms in total. The molecule has 2 fully saturated rings. The van der Waals surface area contributed by atoms with Crippen LogP contribution in [0.15, 0.2) is 6.20 Å². The molecule has 0 aromatic carbocycles. The second-order valence-electron chi connectivity index (χ2n) is 6.27. The van der Waals surface area contributed by atoms with Crippen LogP contribution in [0.25, 0.3) is 11.2 Å². The normalized spacial score (nSPS) is 21.6. The lowest BCUT2D eigenvalue weighted by Gasteiger charge is -2.38. The van der Waals surface area contributed by atoms with Gasteiger partial charge < -0.3 is 9.64 Å². The van der Waals surface area contributed by atoms with Crippen molar-refractivity contribution in [3.63, 3.8) is 0 Å². The molecule has 118 valence electrons. The van der Waals surface area contributed by atoms with Crippen molar-refractivity contribution in [3.05, 3.63) is 11.9 Å². The quantitative estimate of drug-likeness (QED) is 0.541. The zero-order valence-corrected chi connectivity index (χ0v) is 15.7. The van der Waals surface area contributed by atoms with Gasteiger partial charge >= 0.3 is 0 Å². The van der Waals surface area contributed by atoms with Crippen molar-refractivity contribution in [2.45, 2.75) is 26.2 Å². The number of halogens is 1. The first-order valence-electron chi connectivity index (χ1n) is 7.63. The van der Waals surface area contributed by atoms with Gasteiger partial charge in [0.25, 0.3) is 0 Å². The van der Waals surface area contributed by atoms with Gasteiger partial charge in [-0.15, -0.1) is 0 Å². The van der Waals surface area contributed by atoms with Crippen LogP contribution >= 0.6 is 28.4 Å². The van der Waals surface area contributed by atoms with Gasteiger partial charge in [0.15, 0.2) is 5.65 Å². The number of ether oxygens (including phenoxy) is 1. The van der Waals surface area contributed by atoms with Crippen LogP contribution < -0.4 is 4.90 Å². The number of aromatic nitrogens is 4. The Bertz CT molecular complexity index is 690. The molecule has 0 radical (unpaired) electrons. The van der Waals surface area contributed by atoms with E-state index in [4.69, 9.17) is 9.72 Å². The standard InChI is InChI=1S/C14H19IN5OP/c1-10-12-13(20(18-10)22-15)17-11(8-16-12)19-5-2-14(3-6-19)4-7-21-9-14/h8,22H,2-7,9H2,1H3. The van der Waals surface area contributed by atoms with E-state index in [1.165, 1.54) is 19.3 Å². The van der Waals surface area contributed by atoms with Crippen molar-refractivity contribution in [1.29, 1.82) is 0 Å². The number of hydrogen-bond acceptors (Lipinski definition) is 5. The van der Waals surface area contributed by atoms with Crippen LogP contribution in [0.3, 0.4) is 0 Å². The van der Waals surface area contributed by atoms with Crippen molar-refractivity contribution in [3.8, 4) is 0 Å². The largest absolute Gasteiger partial charge is 0.381 e. The summed E-state index contributed by atoms with van der Waals surface area (Å²) in [6.45, 7) is 5.95. The predicted molar refractivity (Wildman–Crippen MR) is 97.1 cm³/mol. The number of nitrogens with zero attached hydrogens (tertiary/aromatic N) is 5. The number of rotatable bonds is 2. The summed E-state index contributed by atoms with van der Waals surface area (Å²) in [5.74, 6) is 0.983. The summed E-state index contributed by atoms with van der Waals surface area (Å²) in [4.78, 5) is 11.8. The minimum atomic E-state index is 0.427. The Morgan fingerprint density at radius 2 is 2.14 bits per heavy atom.